The lowest BCUT2D eigenvalue weighted by molar-refractivity contribution is -0.384. The fourth-order valence-corrected chi connectivity index (χ4v) is 3.91. The number of carbonyl (C=O) groups excluding carboxylic acids is 1. The number of non-ortho nitro benzene ring substituents is 1. The van der Waals surface area contributed by atoms with Gasteiger partial charge in [0.15, 0.2) is 11.5 Å². The van der Waals surface area contributed by atoms with Gasteiger partial charge < -0.3 is 14.8 Å². The maximum Gasteiger partial charge on any atom is 0.269 e. The molecule has 184 valence electrons. The van der Waals surface area contributed by atoms with E-state index in [1.165, 1.54) is 18.2 Å². The predicted octanol–water partition coefficient (Wildman–Crippen LogP) is 6.50. The first-order valence-corrected chi connectivity index (χ1v) is 11.8. The van der Waals surface area contributed by atoms with Crippen LogP contribution in [0, 0.1) is 35.3 Å². The molecule has 3 aromatic carbocycles. The summed E-state index contributed by atoms with van der Waals surface area (Å²) >= 11 is 3.49. The summed E-state index contributed by atoms with van der Waals surface area (Å²) in [4.78, 5) is 23.2. The van der Waals surface area contributed by atoms with E-state index in [4.69, 9.17) is 9.47 Å². The van der Waals surface area contributed by atoms with Crippen LogP contribution in [0.3, 0.4) is 0 Å². The maximum absolute atomic E-state index is 12.8. The van der Waals surface area contributed by atoms with Gasteiger partial charge in [0.05, 0.1) is 16.0 Å². The standard InChI is InChI=1S/C27H24BrN3O5/c1-4-35-25-14-20(12-21(15-29)27(32)30-24-7-5-6-17(2)18(24)3)13-23(28)26(25)36-16-19-8-10-22(11-9-19)31(33)34/h5-14H,4,16H2,1-3H3,(H,30,32)/b21-12-. The van der Waals surface area contributed by atoms with Crippen LogP contribution in [-0.4, -0.2) is 17.4 Å². The fourth-order valence-electron chi connectivity index (χ4n) is 3.34. The van der Waals surface area contributed by atoms with Crippen LogP contribution in [0.5, 0.6) is 11.5 Å². The molecule has 0 fully saturated rings. The summed E-state index contributed by atoms with van der Waals surface area (Å²) in [7, 11) is 0. The van der Waals surface area contributed by atoms with Crippen molar-refractivity contribution in [3.8, 4) is 17.6 Å². The average molecular weight is 550 g/mol. The van der Waals surface area contributed by atoms with E-state index in [1.54, 1.807) is 30.3 Å². The van der Waals surface area contributed by atoms with E-state index >= 15 is 0 Å². The van der Waals surface area contributed by atoms with Crippen molar-refractivity contribution in [2.24, 2.45) is 0 Å². The Bertz CT molecular complexity index is 1360. The van der Waals surface area contributed by atoms with Gasteiger partial charge in [-0.2, -0.15) is 5.26 Å². The molecule has 0 saturated carbocycles. The van der Waals surface area contributed by atoms with Crippen molar-refractivity contribution in [3.63, 3.8) is 0 Å². The summed E-state index contributed by atoms with van der Waals surface area (Å²) in [5.74, 6) is 0.344. The quantitative estimate of drug-likeness (QED) is 0.141. The number of nitro benzene ring substituents is 1. The Hall–Kier alpha value is -4.16. The van der Waals surface area contributed by atoms with Crippen LogP contribution in [0.2, 0.25) is 0 Å². The minimum atomic E-state index is -0.515. The zero-order valence-electron chi connectivity index (χ0n) is 20.0. The lowest BCUT2D eigenvalue weighted by Gasteiger charge is -2.15. The summed E-state index contributed by atoms with van der Waals surface area (Å²) in [5.41, 5.74) is 3.86. The van der Waals surface area contributed by atoms with Gasteiger partial charge in [0, 0.05) is 17.8 Å². The number of ether oxygens (including phenoxy) is 2. The molecule has 3 rings (SSSR count). The zero-order chi connectivity index (χ0) is 26.2. The van der Waals surface area contributed by atoms with Gasteiger partial charge >= 0.3 is 0 Å². The number of hydrogen-bond donors (Lipinski definition) is 1. The first-order valence-electron chi connectivity index (χ1n) is 11.0. The number of amides is 1. The molecule has 0 aliphatic rings. The van der Waals surface area contributed by atoms with Crippen LogP contribution in [0.25, 0.3) is 6.08 Å². The van der Waals surface area contributed by atoms with E-state index in [0.29, 0.717) is 33.8 Å². The van der Waals surface area contributed by atoms with Gasteiger partial charge in [-0.25, -0.2) is 0 Å². The Morgan fingerprint density at radius 2 is 1.89 bits per heavy atom. The summed E-state index contributed by atoms with van der Waals surface area (Å²) in [5, 5.41) is 23.3. The number of carbonyl (C=O) groups is 1. The van der Waals surface area contributed by atoms with Crippen molar-refractivity contribution in [1.82, 2.24) is 0 Å². The number of hydrogen-bond acceptors (Lipinski definition) is 6. The van der Waals surface area contributed by atoms with Crippen LogP contribution in [-0.2, 0) is 11.4 Å². The monoisotopic (exact) mass is 549 g/mol. The number of nitrogens with one attached hydrogen (secondary N) is 1. The minimum Gasteiger partial charge on any atom is -0.490 e. The molecular weight excluding hydrogens is 526 g/mol. The summed E-state index contributed by atoms with van der Waals surface area (Å²) in [6.45, 7) is 6.21. The minimum absolute atomic E-state index is 0.000898. The van der Waals surface area contributed by atoms with Crippen molar-refractivity contribution in [2.75, 3.05) is 11.9 Å². The van der Waals surface area contributed by atoms with Crippen molar-refractivity contribution in [1.29, 1.82) is 5.26 Å². The Morgan fingerprint density at radius 1 is 1.17 bits per heavy atom. The number of nitro groups is 1. The molecule has 0 aromatic heterocycles. The number of benzene rings is 3. The molecule has 0 saturated heterocycles. The molecule has 0 atom stereocenters. The normalized spacial score (nSPS) is 10.9. The topological polar surface area (TPSA) is 114 Å². The zero-order valence-corrected chi connectivity index (χ0v) is 21.6. The fraction of sp³-hybridized carbons (Fsp3) is 0.185. The smallest absolute Gasteiger partial charge is 0.269 e. The first kappa shape index (κ1) is 26.4. The lowest BCUT2D eigenvalue weighted by Crippen LogP contribution is -2.14. The van der Waals surface area contributed by atoms with Gasteiger partial charge in [-0.15, -0.1) is 0 Å². The molecule has 3 aromatic rings. The van der Waals surface area contributed by atoms with E-state index in [2.05, 4.69) is 21.2 Å². The molecule has 0 aliphatic carbocycles. The number of aryl methyl sites for hydroxylation is 1. The Labute approximate surface area is 217 Å². The molecule has 0 heterocycles. The molecule has 0 spiro atoms. The number of halogens is 1. The molecule has 9 heteroatoms. The maximum atomic E-state index is 12.8. The SMILES string of the molecule is CCOc1cc(/C=C(/C#N)C(=O)Nc2cccc(C)c2C)cc(Br)c1OCc1ccc([N+](=O)[O-])cc1. The van der Waals surface area contributed by atoms with Gasteiger partial charge in [-0.3, -0.25) is 14.9 Å². The molecule has 0 bridgehead atoms. The molecule has 1 amide bonds. The third-order valence-corrected chi connectivity index (χ3v) is 5.98. The van der Waals surface area contributed by atoms with Gasteiger partial charge in [0.2, 0.25) is 0 Å². The highest BCUT2D eigenvalue weighted by atomic mass is 79.9. The molecule has 0 radical (unpaired) electrons. The van der Waals surface area contributed by atoms with Crippen molar-refractivity contribution in [3.05, 3.63) is 97.0 Å². The Balaban J connectivity index is 1.84. The number of nitrogens with zero attached hydrogens (tertiary/aromatic N) is 2. The third-order valence-electron chi connectivity index (χ3n) is 5.39. The second-order valence-electron chi connectivity index (χ2n) is 7.85. The van der Waals surface area contributed by atoms with E-state index in [1.807, 2.05) is 39.0 Å². The van der Waals surface area contributed by atoms with Gasteiger partial charge in [-0.05, 0) is 95.4 Å². The van der Waals surface area contributed by atoms with Crippen LogP contribution in [0.4, 0.5) is 11.4 Å². The van der Waals surface area contributed by atoms with Crippen molar-refractivity contribution in [2.45, 2.75) is 27.4 Å². The number of anilines is 1. The summed E-state index contributed by atoms with van der Waals surface area (Å²) in [6, 6.07) is 17.0. The average Bonchev–Trinajstić information content (AvgIpc) is 2.85. The highest BCUT2D eigenvalue weighted by Crippen LogP contribution is 2.38. The van der Waals surface area contributed by atoms with Gasteiger partial charge in [-0.1, -0.05) is 12.1 Å². The predicted molar refractivity (Wildman–Crippen MR) is 141 cm³/mol. The number of nitriles is 1. The third kappa shape index (κ3) is 6.49. The Kier molecular flexibility index (Phi) is 8.81. The summed E-state index contributed by atoms with van der Waals surface area (Å²) in [6.07, 6.45) is 1.48. The summed E-state index contributed by atoms with van der Waals surface area (Å²) < 4.78 is 12.2. The second-order valence-corrected chi connectivity index (χ2v) is 8.70. The molecule has 0 unspecified atom stereocenters. The van der Waals surface area contributed by atoms with E-state index in [9.17, 15) is 20.2 Å². The van der Waals surface area contributed by atoms with E-state index in [0.717, 1.165) is 16.7 Å². The van der Waals surface area contributed by atoms with E-state index < -0.39 is 10.8 Å². The lowest BCUT2D eigenvalue weighted by atomic mass is 10.1. The Morgan fingerprint density at radius 3 is 2.53 bits per heavy atom. The van der Waals surface area contributed by atoms with Crippen LogP contribution < -0.4 is 14.8 Å². The molecule has 36 heavy (non-hydrogen) atoms. The van der Waals surface area contributed by atoms with Gasteiger partial charge in [0.25, 0.3) is 11.6 Å². The van der Waals surface area contributed by atoms with Crippen LogP contribution >= 0.6 is 15.9 Å². The van der Waals surface area contributed by atoms with Crippen molar-refractivity contribution >= 4 is 39.3 Å². The van der Waals surface area contributed by atoms with Crippen LogP contribution in [0.15, 0.2) is 64.6 Å². The molecule has 1 N–H and O–H groups in total. The second kappa shape index (κ2) is 12.0. The highest BCUT2D eigenvalue weighted by Gasteiger charge is 2.16. The molecule has 0 aliphatic heterocycles. The van der Waals surface area contributed by atoms with Gasteiger partial charge in [0.1, 0.15) is 18.2 Å². The first-order chi connectivity index (χ1) is 17.2. The molecular formula is C27H24BrN3O5. The van der Waals surface area contributed by atoms with E-state index in [-0.39, 0.29) is 17.9 Å². The highest BCUT2D eigenvalue weighted by molar-refractivity contribution is 9.10. The van der Waals surface area contributed by atoms with Crippen LogP contribution in [0.1, 0.15) is 29.2 Å². The largest absolute Gasteiger partial charge is 0.490 e. The van der Waals surface area contributed by atoms with Crippen molar-refractivity contribution < 1.29 is 19.2 Å². The number of rotatable bonds is 9. The molecule has 8 nitrogen and oxygen atoms in total.